The molecule has 1 heterocycles. The lowest BCUT2D eigenvalue weighted by atomic mass is 10.0. The van der Waals surface area contributed by atoms with Crippen molar-refractivity contribution in [1.29, 1.82) is 0 Å². The van der Waals surface area contributed by atoms with Crippen LogP contribution in [0.2, 0.25) is 0 Å². The number of nitrogens with zero attached hydrogens (tertiary/aromatic N) is 2. The van der Waals surface area contributed by atoms with E-state index >= 15 is 0 Å². The zero-order chi connectivity index (χ0) is 29.4. The van der Waals surface area contributed by atoms with Gasteiger partial charge in [-0.2, -0.15) is 0 Å². The lowest BCUT2D eigenvalue weighted by molar-refractivity contribution is 0.188. The first-order chi connectivity index (χ1) is 19.6. The Bertz CT molecular complexity index is 1410. The third kappa shape index (κ3) is 9.09. The first kappa shape index (κ1) is 30.1. The number of nitrogens with one attached hydrogen (secondary N) is 2. The van der Waals surface area contributed by atoms with Crippen LogP contribution < -0.4 is 19.7 Å². The number of unbranched alkanes of at least 4 members (excludes halogenated alkanes) is 1. The van der Waals surface area contributed by atoms with Crippen molar-refractivity contribution in [3.05, 3.63) is 78.1 Å². The summed E-state index contributed by atoms with van der Waals surface area (Å²) in [6.45, 7) is 4.89. The Morgan fingerprint density at radius 1 is 1.05 bits per heavy atom. The molecule has 1 saturated heterocycles. The number of ether oxygens (including phenoxy) is 1. The van der Waals surface area contributed by atoms with Crippen LogP contribution in [-0.2, 0) is 16.6 Å². The van der Waals surface area contributed by atoms with Crippen molar-refractivity contribution in [2.24, 2.45) is 0 Å². The van der Waals surface area contributed by atoms with Gasteiger partial charge in [0.15, 0.2) is 0 Å². The molecule has 0 aromatic heterocycles. The average Bonchev–Trinajstić information content (AvgIpc) is 2.92. The van der Waals surface area contributed by atoms with Crippen LogP contribution in [0.3, 0.4) is 0 Å². The molecule has 11 heteroatoms. The van der Waals surface area contributed by atoms with Gasteiger partial charge in [-0.25, -0.2) is 17.6 Å². The van der Waals surface area contributed by atoms with Gasteiger partial charge in [-0.15, -0.1) is 0 Å². The van der Waals surface area contributed by atoms with Crippen molar-refractivity contribution in [2.45, 2.75) is 45.2 Å². The third-order valence-electron chi connectivity index (χ3n) is 6.85. The average molecular weight is 585 g/mol. The zero-order valence-corrected chi connectivity index (χ0v) is 24.2. The summed E-state index contributed by atoms with van der Waals surface area (Å²) >= 11 is 0. The van der Waals surface area contributed by atoms with Crippen LogP contribution >= 0.6 is 0 Å². The van der Waals surface area contributed by atoms with Gasteiger partial charge in [0.25, 0.3) is 0 Å². The third-order valence-corrected chi connectivity index (χ3v) is 7.45. The molecule has 220 valence electrons. The molecule has 9 nitrogen and oxygen atoms in total. The SMILES string of the molecule is CCCCN(C(=O)NC1CCN(Cc2ccc(Oc3ccc(NS(C)(=O)=O)cc3)cc2)CC1)c1ccc(F)cc1O. The van der Waals surface area contributed by atoms with Crippen molar-refractivity contribution in [3.8, 4) is 17.2 Å². The fourth-order valence-electron chi connectivity index (χ4n) is 4.72. The Morgan fingerprint density at radius 3 is 2.27 bits per heavy atom. The second-order valence-electron chi connectivity index (χ2n) is 10.3. The van der Waals surface area contributed by atoms with Crippen molar-refractivity contribution in [3.63, 3.8) is 0 Å². The summed E-state index contributed by atoms with van der Waals surface area (Å²) in [6.07, 6.45) is 4.35. The van der Waals surface area contributed by atoms with Crippen molar-refractivity contribution < 1.29 is 27.4 Å². The number of piperidine rings is 1. The van der Waals surface area contributed by atoms with E-state index < -0.39 is 15.8 Å². The van der Waals surface area contributed by atoms with Crippen LogP contribution in [0.25, 0.3) is 0 Å². The molecule has 1 fully saturated rings. The molecule has 0 saturated carbocycles. The first-order valence-electron chi connectivity index (χ1n) is 13.7. The normalized spacial score (nSPS) is 14.4. The maximum Gasteiger partial charge on any atom is 0.322 e. The van der Waals surface area contributed by atoms with E-state index in [9.17, 15) is 22.7 Å². The quantitative estimate of drug-likeness (QED) is 0.268. The fraction of sp³-hybridized carbons (Fsp3) is 0.367. The minimum absolute atomic E-state index is 0.0141. The fourth-order valence-corrected chi connectivity index (χ4v) is 5.29. The highest BCUT2D eigenvalue weighted by Gasteiger charge is 2.25. The largest absolute Gasteiger partial charge is 0.506 e. The lowest BCUT2D eigenvalue weighted by Gasteiger charge is -2.34. The second-order valence-corrected chi connectivity index (χ2v) is 12.0. The number of urea groups is 1. The van der Waals surface area contributed by atoms with Crippen molar-refractivity contribution in [1.82, 2.24) is 10.2 Å². The van der Waals surface area contributed by atoms with Gasteiger partial charge in [0.2, 0.25) is 10.0 Å². The lowest BCUT2D eigenvalue weighted by Crippen LogP contribution is -2.49. The highest BCUT2D eigenvalue weighted by Crippen LogP contribution is 2.29. The van der Waals surface area contributed by atoms with Gasteiger partial charge in [0.1, 0.15) is 23.1 Å². The molecular weight excluding hydrogens is 547 g/mol. The number of hydrogen-bond donors (Lipinski definition) is 3. The highest BCUT2D eigenvalue weighted by atomic mass is 32.2. The van der Waals surface area contributed by atoms with E-state index in [1.807, 2.05) is 31.2 Å². The molecule has 1 aliphatic rings. The summed E-state index contributed by atoms with van der Waals surface area (Å²) < 4.78 is 44.5. The number of carbonyl (C=O) groups is 1. The Hall–Kier alpha value is -3.83. The monoisotopic (exact) mass is 584 g/mol. The zero-order valence-electron chi connectivity index (χ0n) is 23.3. The van der Waals surface area contributed by atoms with E-state index in [4.69, 9.17) is 4.74 Å². The topological polar surface area (TPSA) is 111 Å². The molecular formula is C30H37FN4O5S. The van der Waals surface area contributed by atoms with Gasteiger partial charge < -0.3 is 15.2 Å². The number of phenols is 1. The Kier molecular flexibility index (Phi) is 10.1. The molecule has 0 bridgehead atoms. The van der Waals surface area contributed by atoms with Crippen molar-refractivity contribution >= 4 is 27.4 Å². The Morgan fingerprint density at radius 2 is 1.68 bits per heavy atom. The van der Waals surface area contributed by atoms with Crippen molar-refractivity contribution in [2.75, 3.05) is 35.5 Å². The predicted octanol–water partition coefficient (Wildman–Crippen LogP) is 5.68. The molecule has 0 spiro atoms. The minimum Gasteiger partial charge on any atom is -0.506 e. The maximum absolute atomic E-state index is 13.5. The molecule has 0 unspecified atom stereocenters. The molecule has 1 aliphatic heterocycles. The van der Waals surface area contributed by atoms with Gasteiger partial charge in [-0.3, -0.25) is 14.5 Å². The van der Waals surface area contributed by atoms with Crippen LogP contribution in [0.15, 0.2) is 66.7 Å². The van der Waals surface area contributed by atoms with Crippen LogP contribution in [0, 0.1) is 5.82 Å². The molecule has 0 atom stereocenters. The molecule has 2 amide bonds. The number of benzene rings is 3. The molecule has 0 aliphatic carbocycles. The van der Waals surface area contributed by atoms with E-state index in [0.717, 1.165) is 63.2 Å². The summed E-state index contributed by atoms with van der Waals surface area (Å²) in [6, 6.07) is 18.0. The van der Waals surface area contributed by atoms with E-state index in [2.05, 4.69) is 14.9 Å². The van der Waals surface area contributed by atoms with E-state index in [0.29, 0.717) is 29.4 Å². The summed E-state index contributed by atoms with van der Waals surface area (Å²) in [5.41, 5.74) is 1.92. The molecule has 41 heavy (non-hydrogen) atoms. The molecule has 3 aromatic carbocycles. The van der Waals surface area contributed by atoms with Crippen LogP contribution in [-0.4, -0.2) is 56.4 Å². The summed E-state index contributed by atoms with van der Waals surface area (Å²) in [5, 5.41) is 13.3. The number of likely N-dealkylation sites (tertiary alicyclic amines) is 1. The number of sulfonamides is 1. The van der Waals surface area contributed by atoms with Gasteiger partial charge in [0.05, 0.1) is 11.9 Å². The number of carbonyl (C=O) groups excluding carboxylic acids is 1. The number of phenolic OH excluding ortho intramolecular Hbond substituents is 1. The van der Waals surface area contributed by atoms with Crippen LogP contribution in [0.4, 0.5) is 20.6 Å². The second kappa shape index (κ2) is 13.7. The van der Waals surface area contributed by atoms with Crippen LogP contribution in [0.5, 0.6) is 17.2 Å². The number of halogens is 1. The molecule has 4 rings (SSSR count). The highest BCUT2D eigenvalue weighted by molar-refractivity contribution is 7.92. The summed E-state index contributed by atoms with van der Waals surface area (Å²) in [5.74, 6) is 0.484. The van der Waals surface area contributed by atoms with E-state index in [1.165, 1.54) is 17.0 Å². The smallest absolute Gasteiger partial charge is 0.322 e. The number of rotatable bonds is 11. The van der Waals surface area contributed by atoms with Gasteiger partial charge in [-0.1, -0.05) is 25.5 Å². The number of anilines is 2. The van der Waals surface area contributed by atoms with Gasteiger partial charge in [-0.05, 0) is 73.4 Å². The Balaban J connectivity index is 1.25. The molecule has 0 radical (unpaired) electrons. The number of hydrogen-bond acceptors (Lipinski definition) is 6. The standard InChI is InChI=1S/C30H37FN4O5S/c1-3-4-17-35(28-14-7-23(31)20-29(28)36)30(37)32-24-15-18-34(19-16-24)21-22-5-10-26(11-6-22)40-27-12-8-25(9-13-27)33-41(2,38)39/h5-14,20,24,33,36H,3-4,15-19,21H2,1-2H3,(H,32,37). The predicted molar refractivity (Wildman–Crippen MR) is 159 cm³/mol. The van der Waals surface area contributed by atoms with Crippen LogP contribution in [0.1, 0.15) is 38.2 Å². The molecule has 3 aromatic rings. The maximum atomic E-state index is 13.5. The number of aromatic hydroxyl groups is 1. The summed E-state index contributed by atoms with van der Waals surface area (Å²) in [4.78, 5) is 17.0. The first-order valence-corrected chi connectivity index (χ1v) is 15.6. The summed E-state index contributed by atoms with van der Waals surface area (Å²) in [7, 11) is -3.33. The van der Waals surface area contributed by atoms with E-state index in [1.54, 1.807) is 24.3 Å². The van der Waals surface area contributed by atoms with E-state index in [-0.39, 0.29) is 17.8 Å². The number of amides is 2. The molecule has 3 N–H and O–H groups in total. The Labute approximate surface area is 241 Å². The van der Waals surface area contributed by atoms with Gasteiger partial charge >= 0.3 is 6.03 Å². The minimum atomic E-state index is -3.33. The van der Waals surface area contributed by atoms with Gasteiger partial charge in [0, 0.05) is 44.0 Å².